The zero-order chi connectivity index (χ0) is 15.5. The number of rotatable bonds is 5. The third-order valence-corrected chi connectivity index (χ3v) is 3.25. The van der Waals surface area contributed by atoms with Crippen LogP contribution in [0.15, 0.2) is 30.3 Å². The topological polar surface area (TPSA) is 93.2 Å². The van der Waals surface area contributed by atoms with Crippen molar-refractivity contribution in [2.45, 2.75) is 0 Å². The maximum absolute atomic E-state index is 11.1. The van der Waals surface area contributed by atoms with Gasteiger partial charge in [-0.3, -0.25) is 4.72 Å². The minimum absolute atomic E-state index is 0.149. The van der Waals surface area contributed by atoms with Crippen LogP contribution in [0.25, 0.3) is 0 Å². The summed E-state index contributed by atoms with van der Waals surface area (Å²) in [5.41, 5.74) is 0.707. The smallest absolute Gasteiger partial charge is 0.231 e. The van der Waals surface area contributed by atoms with Crippen molar-refractivity contribution < 1.29 is 13.2 Å². The quantitative estimate of drug-likeness (QED) is 0.874. The van der Waals surface area contributed by atoms with E-state index in [2.05, 4.69) is 20.2 Å². The molecular formula is C12H13ClN4O3S. The summed E-state index contributed by atoms with van der Waals surface area (Å²) in [6.07, 6.45) is 1.04. The molecule has 7 nitrogen and oxygen atoms in total. The first kappa shape index (κ1) is 15.3. The van der Waals surface area contributed by atoms with Gasteiger partial charge in [0.25, 0.3) is 0 Å². The fourth-order valence-electron chi connectivity index (χ4n) is 1.54. The predicted molar refractivity (Wildman–Crippen MR) is 81.8 cm³/mol. The third-order valence-electron chi connectivity index (χ3n) is 2.38. The average Bonchev–Trinajstić information content (AvgIpc) is 2.40. The lowest BCUT2D eigenvalue weighted by molar-refractivity contribution is 0.415. The van der Waals surface area contributed by atoms with E-state index in [0.29, 0.717) is 22.3 Å². The number of nitrogens with zero attached hydrogens (tertiary/aromatic N) is 2. The van der Waals surface area contributed by atoms with Gasteiger partial charge < -0.3 is 10.1 Å². The molecule has 0 atom stereocenters. The van der Waals surface area contributed by atoms with Crippen molar-refractivity contribution in [3.8, 4) is 5.75 Å². The Morgan fingerprint density at radius 3 is 2.33 bits per heavy atom. The van der Waals surface area contributed by atoms with E-state index in [-0.39, 0.29) is 5.82 Å². The molecule has 112 valence electrons. The van der Waals surface area contributed by atoms with Crippen molar-refractivity contribution in [3.05, 3.63) is 35.4 Å². The summed E-state index contributed by atoms with van der Waals surface area (Å²) in [6.45, 7) is 0. The van der Waals surface area contributed by atoms with Crippen LogP contribution in [-0.4, -0.2) is 32.0 Å². The maximum Gasteiger partial charge on any atom is 0.231 e. The fraction of sp³-hybridized carbons (Fsp3) is 0.167. The number of nitrogens with one attached hydrogen (secondary N) is 2. The first-order valence-corrected chi connectivity index (χ1v) is 8.06. The van der Waals surface area contributed by atoms with Crippen molar-refractivity contribution in [3.63, 3.8) is 0 Å². The highest BCUT2D eigenvalue weighted by Crippen LogP contribution is 2.28. The molecule has 0 saturated heterocycles. The molecule has 0 fully saturated rings. The number of benzene rings is 1. The lowest BCUT2D eigenvalue weighted by atomic mass is 10.3. The highest BCUT2D eigenvalue weighted by molar-refractivity contribution is 7.92. The molecule has 0 aliphatic rings. The van der Waals surface area contributed by atoms with E-state index in [9.17, 15) is 8.42 Å². The summed E-state index contributed by atoms with van der Waals surface area (Å²) in [5, 5.41) is 11.1. The normalized spacial score (nSPS) is 11.0. The molecule has 0 radical (unpaired) electrons. The second kappa shape index (κ2) is 6.15. The summed E-state index contributed by atoms with van der Waals surface area (Å²) in [5.74, 6) is 1.17. The summed E-state index contributed by atoms with van der Waals surface area (Å²) in [6, 6.07) is 8.28. The van der Waals surface area contributed by atoms with Gasteiger partial charge >= 0.3 is 0 Å². The molecule has 1 heterocycles. The second-order valence-electron chi connectivity index (χ2n) is 4.15. The zero-order valence-electron chi connectivity index (χ0n) is 11.3. The molecule has 0 saturated carbocycles. The highest BCUT2D eigenvalue weighted by atomic mass is 35.5. The van der Waals surface area contributed by atoms with Gasteiger partial charge in [-0.1, -0.05) is 11.6 Å². The average molecular weight is 329 g/mol. The highest BCUT2D eigenvalue weighted by Gasteiger charge is 2.05. The Balaban J connectivity index is 2.11. The summed E-state index contributed by atoms with van der Waals surface area (Å²) in [7, 11) is -1.83. The van der Waals surface area contributed by atoms with Crippen LogP contribution in [-0.2, 0) is 10.0 Å². The van der Waals surface area contributed by atoms with Crippen LogP contribution < -0.4 is 14.8 Å². The summed E-state index contributed by atoms with van der Waals surface area (Å²) in [4.78, 5) is 0. The number of ether oxygens (including phenoxy) is 1. The minimum Gasteiger partial charge on any atom is -0.495 e. The Kier molecular flexibility index (Phi) is 4.49. The number of aromatic nitrogens is 2. The van der Waals surface area contributed by atoms with Gasteiger partial charge in [0.2, 0.25) is 10.0 Å². The van der Waals surface area contributed by atoms with Crippen molar-refractivity contribution in [1.82, 2.24) is 10.2 Å². The van der Waals surface area contributed by atoms with E-state index < -0.39 is 10.0 Å². The van der Waals surface area contributed by atoms with Gasteiger partial charge in [0.05, 0.1) is 18.4 Å². The van der Waals surface area contributed by atoms with Crippen LogP contribution in [0.4, 0.5) is 17.3 Å². The first-order valence-electron chi connectivity index (χ1n) is 5.79. The summed E-state index contributed by atoms with van der Waals surface area (Å²) >= 11 is 6.02. The van der Waals surface area contributed by atoms with Gasteiger partial charge in [0, 0.05) is 5.69 Å². The first-order chi connectivity index (χ1) is 9.87. The Morgan fingerprint density at radius 2 is 1.81 bits per heavy atom. The van der Waals surface area contributed by atoms with E-state index >= 15 is 0 Å². The second-order valence-corrected chi connectivity index (χ2v) is 6.31. The van der Waals surface area contributed by atoms with Crippen molar-refractivity contribution in [2.24, 2.45) is 0 Å². The molecule has 1 aromatic heterocycles. The van der Waals surface area contributed by atoms with Crippen LogP contribution in [0.1, 0.15) is 0 Å². The monoisotopic (exact) mass is 328 g/mol. The van der Waals surface area contributed by atoms with Gasteiger partial charge in [0.15, 0.2) is 11.6 Å². The third kappa shape index (κ3) is 4.47. The molecule has 1 aromatic carbocycles. The van der Waals surface area contributed by atoms with Crippen LogP contribution in [0.3, 0.4) is 0 Å². The lowest BCUT2D eigenvalue weighted by Gasteiger charge is -2.08. The molecule has 0 bridgehead atoms. The SMILES string of the molecule is COc1ccc(Nc2ccc(NS(C)(=O)=O)nn2)cc1Cl. The van der Waals surface area contributed by atoms with E-state index in [1.165, 1.54) is 13.2 Å². The predicted octanol–water partition coefficient (Wildman–Crippen LogP) is 2.25. The van der Waals surface area contributed by atoms with Crippen molar-refractivity contribution in [1.29, 1.82) is 0 Å². The Labute approximate surface area is 127 Å². The molecule has 0 amide bonds. The standard InChI is InChI=1S/C12H13ClN4O3S/c1-20-10-4-3-8(7-9(10)13)14-11-5-6-12(16-15-11)17-21(2,18)19/h3-7H,1-2H3,(H,14,15)(H,16,17). The number of hydrogen-bond donors (Lipinski definition) is 2. The molecule has 0 aliphatic heterocycles. The van der Waals surface area contributed by atoms with Gasteiger partial charge in [0.1, 0.15) is 5.75 Å². The molecule has 21 heavy (non-hydrogen) atoms. The molecular weight excluding hydrogens is 316 g/mol. The van der Waals surface area contributed by atoms with Crippen LogP contribution in [0.5, 0.6) is 5.75 Å². The Morgan fingerprint density at radius 1 is 1.14 bits per heavy atom. The zero-order valence-corrected chi connectivity index (χ0v) is 12.9. The largest absolute Gasteiger partial charge is 0.495 e. The number of sulfonamides is 1. The van der Waals surface area contributed by atoms with Gasteiger partial charge in [-0.2, -0.15) is 0 Å². The molecule has 2 N–H and O–H groups in total. The molecule has 2 rings (SSSR count). The number of methoxy groups -OCH3 is 1. The number of anilines is 3. The van der Waals surface area contributed by atoms with E-state index in [1.807, 2.05) is 0 Å². The molecule has 0 unspecified atom stereocenters. The van der Waals surface area contributed by atoms with Crippen LogP contribution in [0.2, 0.25) is 5.02 Å². The van der Waals surface area contributed by atoms with E-state index in [1.54, 1.807) is 24.3 Å². The van der Waals surface area contributed by atoms with Crippen LogP contribution in [0, 0.1) is 0 Å². The Bertz CT molecular complexity index is 735. The number of hydrogen-bond acceptors (Lipinski definition) is 6. The van der Waals surface area contributed by atoms with E-state index in [4.69, 9.17) is 16.3 Å². The van der Waals surface area contributed by atoms with Crippen molar-refractivity contribution >= 4 is 38.9 Å². The Hall–Kier alpha value is -2.06. The van der Waals surface area contributed by atoms with Gasteiger partial charge in [-0.15, -0.1) is 10.2 Å². The van der Waals surface area contributed by atoms with Gasteiger partial charge in [-0.25, -0.2) is 8.42 Å². The molecule has 0 spiro atoms. The molecule has 9 heteroatoms. The minimum atomic E-state index is -3.37. The van der Waals surface area contributed by atoms with Crippen molar-refractivity contribution in [2.75, 3.05) is 23.4 Å². The summed E-state index contributed by atoms with van der Waals surface area (Å²) < 4.78 is 29.4. The number of halogens is 1. The lowest BCUT2D eigenvalue weighted by Crippen LogP contribution is -2.11. The van der Waals surface area contributed by atoms with Gasteiger partial charge in [-0.05, 0) is 30.3 Å². The fourth-order valence-corrected chi connectivity index (χ4v) is 2.28. The van der Waals surface area contributed by atoms with E-state index in [0.717, 1.165) is 6.26 Å². The molecule has 0 aliphatic carbocycles. The maximum atomic E-state index is 11.1. The molecule has 2 aromatic rings. The van der Waals surface area contributed by atoms with Crippen LogP contribution >= 0.6 is 11.6 Å².